The van der Waals surface area contributed by atoms with Gasteiger partial charge in [0.1, 0.15) is 11.4 Å². The molecule has 1 N–H and O–H groups in total. The molecule has 0 aliphatic carbocycles. The highest BCUT2D eigenvalue weighted by atomic mass is 35.5. The summed E-state index contributed by atoms with van der Waals surface area (Å²) >= 11 is 7.48. The third-order valence-corrected chi connectivity index (χ3v) is 5.72. The number of nitrogens with zero attached hydrogens (tertiary/aromatic N) is 4. The smallest absolute Gasteiger partial charge is 0.267 e. The first-order valence-corrected chi connectivity index (χ1v) is 10.0. The van der Waals surface area contributed by atoms with Gasteiger partial charge in [-0.25, -0.2) is 9.97 Å². The van der Waals surface area contributed by atoms with Crippen molar-refractivity contribution in [3.63, 3.8) is 0 Å². The maximum Gasteiger partial charge on any atom is 0.267 e. The van der Waals surface area contributed by atoms with Gasteiger partial charge in [0.15, 0.2) is 5.16 Å². The van der Waals surface area contributed by atoms with Gasteiger partial charge in [-0.2, -0.15) is 0 Å². The van der Waals surface area contributed by atoms with Gasteiger partial charge in [-0.05, 0) is 25.1 Å². The number of benzene rings is 1. The predicted octanol–water partition coefficient (Wildman–Crippen LogP) is 1.90. The van der Waals surface area contributed by atoms with Crippen molar-refractivity contribution in [3.05, 3.63) is 61.5 Å². The van der Waals surface area contributed by atoms with E-state index in [0.717, 1.165) is 5.75 Å². The molecule has 28 heavy (non-hydrogen) atoms. The number of hydrogen-bond acceptors (Lipinski definition) is 6. The maximum atomic E-state index is 12.9. The van der Waals surface area contributed by atoms with Crippen LogP contribution in [0.4, 0.5) is 0 Å². The second kappa shape index (κ2) is 7.40. The van der Waals surface area contributed by atoms with Gasteiger partial charge in [-0.15, -0.1) is 0 Å². The molecule has 0 atom stereocenters. The summed E-state index contributed by atoms with van der Waals surface area (Å²) < 4.78 is 1.52. The molecule has 0 bridgehead atoms. The maximum absolute atomic E-state index is 12.9. The van der Waals surface area contributed by atoms with E-state index in [9.17, 15) is 14.4 Å². The lowest BCUT2D eigenvalue weighted by molar-refractivity contribution is 0.0745. The van der Waals surface area contributed by atoms with E-state index in [1.54, 1.807) is 25.1 Å². The van der Waals surface area contributed by atoms with Gasteiger partial charge in [-0.1, -0.05) is 23.4 Å². The highest BCUT2D eigenvalue weighted by molar-refractivity contribution is 7.99. The lowest BCUT2D eigenvalue weighted by Crippen LogP contribution is -2.37. The Morgan fingerprint density at radius 2 is 2.21 bits per heavy atom. The van der Waals surface area contributed by atoms with E-state index in [-0.39, 0.29) is 23.2 Å². The van der Waals surface area contributed by atoms with Crippen LogP contribution in [-0.2, 0) is 13.1 Å². The zero-order valence-electron chi connectivity index (χ0n) is 14.9. The molecular weight excluding hydrogens is 402 g/mol. The molecule has 144 valence electrons. The van der Waals surface area contributed by atoms with Crippen LogP contribution < -0.4 is 11.1 Å². The molecule has 3 heterocycles. The van der Waals surface area contributed by atoms with E-state index in [1.807, 2.05) is 0 Å². The van der Waals surface area contributed by atoms with Gasteiger partial charge >= 0.3 is 0 Å². The Labute approximate surface area is 168 Å². The van der Waals surface area contributed by atoms with Crippen molar-refractivity contribution in [1.82, 2.24) is 24.4 Å². The third-order valence-electron chi connectivity index (χ3n) is 4.51. The molecule has 0 fully saturated rings. The zero-order chi connectivity index (χ0) is 19.8. The SMILES string of the molecule is CCN(Cc1nc2cc(Cl)ccc2c(=O)[nH]1)C(=O)c1cnc2n(c1=O)CCS2. The average Bonchev–Trinajstić information content (AvgIpc) is 3.15. The van der Waals surface area contributed by atoms with Crippen LogP contribution in [0.2, 0.25) is 5.02 Å². The molecule has 0 unspecified atom stereocenters. The zero-order valence-corrected chi connectivity index (χ0v) is 16.5. The molecule has 1 aromatic carbocycles. The van der Waals surface area contributed by atoms with Crippen LogP contribution in [0.3, 0.4) is 0 Å². The summed E-state index contributed by atoms with van der Waals surface area (Å²) in [5.74, 6) is 0.642. The summed E-state index contributed by atoms with van der Waals surface area (Å²) in [4.78, 5) is 50.6. The quantitative estimate of drug-likeness (QED) is 0.650. The number of halogens is 1. The molecule has 4 rings (SSSR count). The molecule has 1 aliphatic heterocycles. The molecule has 0 radical (unpaired) electrons. The van der Waals surface area contributed by atoms with Gasteiger partial charge in [0.2, 0.25) is 0 Å². The van der Waals surface area contributed by atoms with E-state index < -0.39 is 5.91 Å². The van der Waals surface area contributed by atoms with Gasteiger partial charge in [0, 0.05) is 30.1 Å². The minimum atomic E-state index is -0.443. The minimum absolute atomic E-state index is 0.0132. The fourth-order valence-corrected chi connectivity index (χ4v) is 4.16. The van der Waals surface area contributed by atoms with Gasteiger partial charge in [0.05, 0.1) is 17.4 Å². The van der Waals surface area contributed by atoms with E-state index in [0.29, 0.717) is 40.0 Å². The fraction of sp³-hybridized carbons (Fsp3) is 0.278. The number of fused-ring (bicyclic) bond motifs is 2. The summed E-state index contributed by atoms with van der Waals surface area (Å²) in [6, 6.07) is 4.82. The minimum Gasteiger partial charge on any atom is -0.331 e. The highest BCUT2D eigenvalue weighted by Crippen LogP contribution is 2.21. The van der Waals surface area contributed by atoms with Gasteiger partial charge in [0.25, 0.3) is 17.0 Å². The Kier molecular flexibility index (Phi) is 4.94. The van der Waals surface area contributed by atoms with Gasteiger partial charge < -0.3 is 9.88 Å². The van der Waals surface area contributed by atoms with Crippen molar-refractivity contribution >= 4 is 40.2 Å². The topological polar surface area (TPSA) is 101 Å². The lowest BCUT2D eigenvalue weighted by Gasteiger charge is -2.20. The number of rotatable bonds is 4. The van der Waals surface area contributed by atoms with Crippen molar-refractivity contribution in [2.24, 2.45) is 0 Å². The number of carbonyl (C=O) groups excluding carboxylic acids is 1. The molecule has 1 amide bonds. The molecule has 1 aliphatic rings. The lowest BCUT2D eigenvalue weighted by atomic mass is 10.2. The molecule has 3 aromatic rings. The first kappa shape index (κ1) is 18.7. The standard InChI is InChI=1S/C18H16ClN5O3S/c1-2-23(16(26)12-8-20-18-24(17(12)27)5-6-28-18)9-14-21-13-7-10(19)3-4-11(13)15(25)22-14/h3-4,7-8H,2,5-6,9H2,1H3,(H,21,22,25). The molecule has 2 aromatic heterocycles. The number of H-pyrrole nitrogens is 1. The molecule has 8 nitrogen and oxygen atoms in total. The summed E-state index contributed by atoms with van der Waals surface area (Å²) in [6.07, 6.45) is 1.33. The monoisotopic (exact) mass is 417 g/mol. The summed E-state index contributed by atoms with van der Waals surface area (Å²) in [5, 5.41) is 1.51. The van der Waals surface area contributed by atoms with Crippen molar-refractivity contribution in [2.75, 3.05) is 12.3 Å². The van der Waals surface area contributed by atoms with Crippen LogP contribution in [-0.4, -0.2) is 42.6 Å². The number of carbonyl (C=O) groups is 1. The number of hydrogen-bond donors (Lipinski definition) is 1. The summed E-state index contributed by atoms with van der Waals surface area (Å²) in [6.45, 7) is 2.73. The Morgan fingerprint density at radius 3 is 3.00 bits per heavy atom. The van der Waals surface area contributed by atoms with Crippen molar-refractivity contribution in [2.45, 2.75) is 25.2 Å². The highest BCUT2D eigenvalue weighted by Gasteiger charge is 2.24. The number of thioether (sulfide) groups is 1. The summed E-state index contributed by atoms with van der Waals surface area (Å²) in [5.41, 5.74) is -0.188. The average molecular weight is 418 g/mol. The van der Waals surface area contributed by atoms with E-state index in [1.165, 1.54) is 27.4 Å². The fourth-order valence-electron chi connectivity index (χ4n) is 3.08. The first-order valence-electron chi connectivity index (χ1n) is 8.68. The molecule has 10 heteroatoms. The number of nitrogens with one attached hydrogen (secondary N) is 1. The molecular formula is C18H16ClN5O3S. The van der Waals surface area contributed by atoms with Crippen LogP contribution in [0.5, 0.6) is 0 Å². The molecule has 0 saturated heterocycles. The largest absolute Gasteiger partial charge is 0.331 e. The van der Waals surface area contributed by atoms with E-state index >= 15 is 0 Å². The number of aromatic amines is 1. The van der Waals surface area contributed by atoms with Crippen LogP contribution in [0.25, 0.3) is 10.9 Å². The van der Waals surface area contributed by atoms with Gasteiger partial charge in [-0.3, -0.25) is 19.0 Å². The van der Waals surface area contributed by atoms with E-state index in [4.69, 9.17) is 11.6 Å². The second-order valence-corrected chi connectivity index (χ2v) is 7.75. The third kappa shape index (κ3) is 3.31. The van der Waals surface area contributed by atoms with E-state index in [2.05, 4.69) is 15.0 Å². The summed E-state index contributed by atoms with van der Waals surface area (Å²) in [7, 11) is 0. The predicted molar refractivity (Wildman–Crippen MR) is 107 cm³/mol. The number of amides is 1. The Morgan fingerprint density at radius 1 is 1.39 bits per heavy atom. The van der Waals surface area contributed by atoms with Crippen LogP contribution in [0.15, 0.2) is 39.1 Å². The van der Waals surface area contributed by atoms with Crippen molar-refractivity contribution in [1.29, 1.82) is 0 Å². The normalized spacial score (nSPS) is 12.9. The van der Waals surface area contributed by atoms with Crippen LogP contribution >= 0.6 is 23.4 Å². The Hall–Kier alpha value is -2.65. The van der Waals surface area contributed by atoms with Crippen molar-refractivity contribution < 1.29 is 4.79 Å². The first-order chi connectivity index (χ1) is 13.5. The molecule has 0 spiro atoms. The van der Waals surface area contributed by atoms with Crippen LogP contribution in [0, 0.1) is 0 Å². The molecule has 0 saturated carbocycles. The second-order valence-electron chi connectivity index (χ2n) is 6.25. The van der Waals surface area contributed by atoms with Crippen molar-refractivity contribution in [3.8, 4) is 0 Å². The Balaban J connectivity index is 1.67. The number of aromatic nitrogens is 4. The van der Waals surface area contributed by atoms with Crippen LogP contribution in [0.1, 0.15) is 23.1 Å². The Bertz CT molecular complexity index is 1210.